The van der Waals surface area contributed by atoms with Crippen LogP contribution in [-0.4, -0.2) is 15.1 Å². The second-order valence-electron chi connectivity index (χ2n) is 5.18. The molecule has 5 heteroatoms. The molecule has 0 aliphatic rings. The van der Waals surface area contributed by atoms with Crippen molar-refractivity contribution in [2.75, 3.05) is 0 Å². The summed E-state index contributed by atoms with van der Waals surface area (Å²) in [6.45, 7) is 4.03. The van der Waals surface area contributed by atoms with Crippen LogP contribution in [-0.2, 0) is 5.54 Å². The zero-order valence-corrected chi connectivity index (χ0v) is 12.2. The molecule has 108 valence electrons. The molecule has 2 N–H and O–H groups in total. The van der Waals surface area contributed by atoms with Gasteiger partial charge in [-0.15, -0.1) is 0 Å². The first-order valence-corrected chi connectivity index (χ1v) is 7.15. The van der Waals surface area contributed by atoms with E-state index in [1.807, 2.05) is 50.2 Å². The normalized spacial score (nSPS) is 12.0. The smallest absolute Gasteiger partial charge is 0.247 e. The summed E-state index contributed by atoms with van der Waals surface area (Å²) in [5.41, 5.74) is 7.32. The summed E-state index contributed by atoms with van der Waals surface area (Å²) < 4.78 is 5.35. The van der Waals surface area contributed by atoms with Crippen molar-refractivity contribution in [2.24, 2.45) is 5.73 Å². The minimum Gasteiger partial charge on any atom is -0.337 e. The topological polar surface area (TPSA) is 77.8 Å². The van der Waals surface area contributed by atoms with Crippen molar-refractivity contribution in [3.05, 3.63) is 42.3 Å². The summed E-state index contributed by atoms with van der Waals surface area (Å²) in [5, 5.41) is 5.11. The molecule has 1 aromatic carbocycles. The number of rotatable bonds is 4. The maximum atomic E-state index is 6.28. The number of nitrogens with zero attached hydrogens (tertiary/aromatic N) is 3. The van der Waals surface area contributed by atoms with Crippen molar-refractivity contribution in [3.63, 3.8) is 0 Å². The van der Waals surface area contributed by atoms with Crippen LogP contribution in [0.4, 0.5) is 0 Å². The van der Waals surface area contributed by atoms with Gasteiger partial charge in [-0.05, 0) is 25.0 Å². The van der Waals surface area contributed by atoms with Gasteiger partial charge in [0, 0.05) is 5.39 Å². The van der Waals surface area contributed by atoms with Crippen molar-refractivity contribution >= 4 is 10.9 Å². The molecule has 3 aromatic rings. The van der Waals surface area contributed by atoms with E-state index in [0.29, 0.717) is 17.4 Å². The van der Waals surface area contributed by atoms with Crippen molar-refractivity contribution < 1.29 is 4.52 Å². The van der Waals surface area contributed by atoms with Crippen molar-refractivity contribution in [3.8, 4) is 11.5 Å². The number of nitrogens with two attached hydrogens (primary N) is 1. The van der Waals surface area contributed by atoms with Gasteiger partial charge in [-0.25, -0.2) is 4.98 Å². The fourth-order valence-corrected chi connectivity index (χ4v) is 2.27. The second-order valence-corrected chi connectivity index (χ2v) is 5.18. The van der Waals surface area contributed by atoms with Gasteiger partial charge in [0.2, 0.25) is 11.7 Å². The second kappa shape index (κ2) is 5.26. The fourth-order valence-electron chi connectivity index (χ4n) is 2.27. The molecule has 0 saturated carbocycles. The predicted octanol–water partition coefficient (Wildman–Crippen LogP) is 3.26. The molecule has 0 fully saturated rings. The Morgan fingerprint density at radius 3 is 2.57 bits per heavy atom. The van der Waals surface area contributed by atoms with Gasteiger partial charge in [0.15, 0.2) is 0 Å². The van der Waals surface area contributed by atoms with Crippen LogP contribution >= 0.6 is 0 Å². The number of para-hydroxylation sites is 1. The van der Waals surface area contributed by atoms with Gasteiger partial charge in [-0.2, -0.15) is 4.98 Å². The fraction of sp³-hybridized carbons (Fsp3) is 0.312. The van der Waals surface area contributed by atoms with Crippen LogP contribution in [0.25, 0.3) is 22.4 Å². The Hall–Kier alpha value is -2.27. The average molecular weight is 282 g/mol. The number of hydrogen-bond donors (Lipinski definition) is 1. The Morgan fingerprint density at radius 2 is 1.81 bits per heavy atom. The summed E-state index contributed by atoms with van der Waals surface area (Å²) in [6.07, 6.45) is 1.49. The van der Waals surface area contributed by atoms with E-state index in [9.17, 15) is 0 Å². The molecule has 0 spiro atoms. The van der Waals surface area contributed by atoms with E-state index in [0.717, 1.165) is 23.7 Å². The van der Waals surface area contributed by atoms with E-state index in [-0.39, 0.29) is 0 Å². The number of fused-ring (bicyclic) bond motifs is 1. The Kier molecular flexibility index (Phi) is 3.43. The third-order valence-electron chi connectivity index (χ3n) is 3.94. The molecule has 0 amide bonds. The molecule has 0 bridgehead atoms. The Labute approximate surface area is 123 Å². The Bertz CT molecular complexity index is 762. The van der Waals surface area contributed by atoms with Crippen LogP contribution in [0.2, 0.25) is 0 Å². The third kappa shape index (κ3) is 2.40. The molecule has 5 nitrogen and oxygen atoms in total. The van der Waals surface area contributed by atoms with Crippen LogP contribution in [0, 0.1) is 0 Å². The minimum atomic E-state index is -0.567. The molecule has 0 aliphatic carbocycles. The van der Waals surface area contributed by atoms with Gasteiger partial charge in [-0.1, -0.05) is 43.3 Å². The number of benzene rings is 1. The molecule has 0 atom stereocenters. The highest BCUT2D eigenvalue weighted by molar-refractivity contribution is 5.80. The van der Waals surface area contributed by atoms with Crippen molar-refractivity contribution in [1.82, 2.24) is 15.1 Å². The summed E-state index contributed by atoms with van der Waals surface area (Å²) >= 11 is 0. The van der Waals surface area contributed by atoms with E-state index in [4.69, 9.17) is 10.3 Å². The van der Waals surface area contributed by atoms with Crippen molar-refractivity contribution in [2.45, 2.75) is 32.2 Å². The highest BCUT2D eigenvalue weighted by atomic mass is 16.5. The standard InChI is InChI=1S/C16H18N4O/c1-3-16(17,4-2)15-19-14(20-21-15)13-10-9-11-7-5-6-8-12(11)18-13/h5-10H,3-4,17H2,1-2H3. The lowest BCUT2D eigenvalue weighted by Crippen LogP contribution is -2.35. The van der Waals surface area contributed by atoms with Crippen LogP contribution < -0.4 is 5.73 Å². The Morgan fingerprint density at radius 1 is 1.05 bits per heavy atom. The van der Waals surface area contributed by atoms with Crippen molar-refractivity contribution in [1.29, 1.82) is 0 Å². The van der Waals surface area contributed by atoms with Gasteiger partial charge >= 0.3 is 0 Å². The van der Waals surface area contributed by atoms with Crippen LogP contribution in [0.5, 0.6) is 0 Å². The van der Waals surface area contributed by atoms with E-state index < -0.39 is 5.54 Å². The lowest BCUT2D eigenvalue weighted by atomic mass is 9.94. The van der Waals surface area contributed by atoms with E-state index in [1.165, 1.54) is 0 Å². The lowest BCUT2D eigenvalue weighted by molar-refractivity contribution is 0.268. The highest BCUT2D eigenvalue weighted by Crippen LogP contribution is 2.26. The zero-order chi connectivity index (χ0) is 14.9. The molecule has 0 saturated heterocycles. The quantitative estimate of drug-likeness (QED) is 0.794. The van der Waals surface area contributed by atoms with Crippen LogP contribution in [0.15, 0.2) is 40.9 Å². The van der Waals surface area contributed by atoms with E-state index >= 15 is 0 Å². The molecule has 0 aliphatic heterocycles. The van der Waals surface area contributed by atoms with E-state index in [1.54, 1.807) is 0 Å². The third-order valence-corrected chi connectivity index (χ3v) is 3.94. The molecular weight excluding hydrogens is 264 g/mol. The average Bonchev–Trinajstić information content (AvgIpc) is 3.04. The maximum absolute atomic E-state index is 6.28. The molecular formula is C16H18N4O. The number of hydrogen-bond acceptors (Lipinski definition) is 5. The molecule has 0 unspecified atom stereocenters. The minimum absolute atomic E-state index is 0.470. The highest BCUT2D eigenvalue weighted by Gasteiger charge is 2.30. The largest absolute Gasteiger partial charge is 0.337 e. The first-order chi connectivity index (χ1) is 10.2. The zero-order valence-electron chi connectivity index (χ0n) is 12.2. The summed E-state index contributed by atoms with van der Waals surface area (Å²) in [6, 6.07) is 11.8. The van der Waals surface area contributed by atoms with E-state index in [2.05, 4.69) is 15.1 Å². The molecule has 0 radical (unpaired) electrons. The van der Waals surface area contributed by atoms with Gasteiger partial charge in [0.1, 0.15) is 5.69 Å². The summed E-state index contributed by atoms with van der Waals surface area (Å²) in [7, 11) is 0. The molecule has 2 aromatic heterocycles. The predicted molar refractivity (Wildman–Crippen MR) is 81.5 cm³/mol. The van der Waals surface area contributed by atoms with Gasteiger partial charge in [-0.3, -0.25) is 0 Å². The molecule has 21 heavy (non-hydrogen) atoms. The summed E-state index contributed by atoms with van der Waals surface area (Å²) in [4.78, 5) is 9.00. The maximum Gasteiger partial charge on any atom is 0.247 e. The number of aromatic nitrogens is 3. The molecule has 3 rings (SSSR count). The number of pyridine rings is 1. The Balaban J connectivity index is 2.01. The first-order valence-electron chi connectivity index (χ1n) is 7.15. The van der Waals surface area contributed by atoms with Gasteiger partial charge in [0.05, 0.1) is 11.1 Å². The lowest BCUT2D eigenvalue weighted by Gasteiger charge is -2.20. The van der Waals surface area contributed by atoms with Gasteiger partial charge < -0.3 is 10.3 Å². The van der Waals surface area contributed by atoms with Gasteiger partial charge in [0.25, 0.3) is 0 Å². The van der Waals surface area contributed by atoms with Crippen LogP contribution in [0.3, 0.4) is 0 Å². The SMILES string of the molecule is CCC(N)(CC)c1nc(-c2ccc3ccccc3n2)no1. The molecule has 2 heterocycles. The monoisotopic (exact) mass is 282 g/mol. The summed E-state index contributed by atoms with van der Waals surface area (Å²) in [5.74, 6) is 0.949. The first kappa shape index (κ1) is 13.7. The van der Waals surface area contributed by atoms with Crippen LogP contribution in [0.1, 0.15) is 32.6 Å².